The molecule has 0 heterocycles. The fourth-order valence-corrected chi connectivity index (χ4v) is 4.37. The smallest absolute Gasteiger partial charge is 0.407 e. The van der Waals surface area contributed by atoms with Gasteiger partial charge in [-0.1, -0.05) is 6.42 Å². The fraction of sp³-hybridized carbons (Fsp3) is 0.895. The topological polar surface area (TPSA) is 84.0 Å². The third-order valence-corrected chi connectivity index (χ3v) is 6.23. The van der Waals surface area contributed by atoms with Crippen molar-refractivity contribution in [2.75, 3.05) is 26.8 Å². The number of amides is 1. The SMILES string of the molecule is CCOC(=O)NC(CNC(=NC)NC1CC(OCC)C12CCC2)C1CC1. The van der Waals surface area contributed by atoms with Gasteiger partial charge >= 0.3 is 6.09 Å². The standard InChI is InChI=1S/C19H34N4O3/c1-4-25-16-11-15(19(16)9-6-10-19)23-17(20-3)21-12-14(13-7-8-13)22-18(24)26-5-2/h13-16H,4-12H2,1-3H3,(H,22,24)(H2,20,21,23). The zero-order chi connectivity index (χ0) is 18.6. The first-order chi connectivity index (χ1) is 12.6. The number of ether oxygens (including phenoxy) is 2. The predicted molar refractivity (Wildman–Crippen MR) is 101 cm³/mol. The highest BCUT2D eigenvalue weighted by Gasteiger charge is 2.59. The molecule has 3 rings (SSSR count). The fourth-order valence-electron chi connectivity index (χ4n) is 4.37. The molecule has 0 radical (unpaired) electrons. The number of nitrogens with zero attached hydrogens (tertiary/aromatic N) is 1. The molecule has 0 aromatic rings. The molecule has 3 aliphatic rings. The van der Waals surface area contributed by atoms with Gasteiger partial charge < -0.3 is 25.4 Å². The van der Waals surface area contributed by atoms with Crippen molar-refractivity contribution in [2.24, 2.45) is 16.3 Å². The van der Waals surface area contributed by atoms with Crippen molar-refractivity contribution >= 4 is 12.1 Å². The normalized spacial score (nSPS) is 27.9. The number of alkyl carbamates (subject to hydrolysis) is 1. The Kier molecular flexibility index (Phi) is 6.27. The van der Waals surface area contributed by atoms with E-state index in [9.17, 15) is 4.79 Å². The van der Waals surface area contributed by atoms with Crippen molar-refractivity contribution in [2.45, 2.75) is 70.6 Å². The maximum absolute atomic E-state index is 11.7. The Labute approximate surface area is 156 Å². The highest BCUT2D eigenvalue weighted by Crippen LogP contribution is 2.57. The quantitative estimate of drug-likeness (QED) is 0.452. The van der Waals surface area contributed by atoms with Crippen molar-refractivity contribution in [1.29, 1.82) is 0 Å². The molecular weight excluding hydrogens is 332 g/mol. The average molecular weight is 367 g/mol. The van der Waals surface area contributed by atoms with E-state index in [1.165, 1.54) is 19.3 Å². The van der Waals surface area contributed by atoms with E-state index in [4.69, 9.17) is 9.47 Å². The highest BCUT2D eigenvalue weighted by molar-refractivity contribution is 5.80. The lowest BCUT2D eigenvalue weighted by molar-refractivity contribution is -0.168. The third kappa shape index (κ3) is 4.08. The minimum Gasteiger partial charge on any atom is -0.450 e. The van der Waals surface area contributed by atoms with Gasteiger partial charge in [-0.2, -0.15) is 0 Å². The summed E-state index contributed by atoms with van der Waals surface area (Å²) in [5.74, 6) is 1.35. The summed E-state index contributed by atoms with van der Waals surface area (Å²) >= 11 is 0. The van der Waals surface area contributed by atoms with Gasteiger partial charge in [0.05, 0.1) is 18.8 Å². The van der Waals surface area contributed by atoms with Crippen molar-refractivity contribution in [3.63, 3.8) is 0 Å². The Balaban J connectivity index is 1.48. The molecule has 3 N–H and O–H groups in total. The average Bonchev–Trinajstić information content (AvgIpc) is 3.39. The predicted octanol–water partition coefficient (Wildman–Crippen LogP) is 2.02. The number of hydrogen-bond acceptors (Lipinski definition) is 4. The Hall–Kier alpha value is -1.50. The van der Waals surface area contributed by atoms with Gasteiger partial charge in [-0.05, 0) is 51.9 Å². The molecule has 148 valence electrons. The summed E-state index contributed by atoms with van der Waals surface area (Å²) in [4.78, 5) is 16.1. The van der Waals surface area contributed by atoms with Crippen LogP contribution in [-0.2, 0) is 9.47 Å². The van der Waals surface area contributed by atoms with Crippen LogP contribution in [-0.4, -0.2) is 57.0 Å². The molecule has 3 atom stereocenters. The Morgan fingerprint density at radius 1 is 1.27 bits per heavy atom. The van der Waals surface area contributed by atoms with Crippen molar-refractivity contribution in [3.8, 4) is 0 Å². The summed E-state index contributed by atoms with van der Waals surface area (Å²) in [5, 5.41) is 9.97. The van der Waals surface area contributed by atoms with Crippen molar-refractivity contribution in [1.82, 2.24) is 16.0 Å². The largest absolute Gasteiger partial charge is 0.450 e. The molecule has 3 aliphatic carbocycles. The van der Waals surface area contributed by atoms with Crippen LogP contribution in [0.5, 0.6) is 0 Å². The van der Waals surface area contributed by atoms with Crippen LogP contribution in [0.2, 0.25) is 0 Å². The second-order valence-corrected chi connectivity index (χ2v) is 7.73. The van der Waals surface area contributed by atoms with Gasteiger partial charge in [0.2, 0.25) is 0 Å². The zero-order valence-electron chi connectivity index (χ0n) is 16.3. The summed E-state index contributed by atoms with van der Waals surface area (Å²) in [5.41, 5.74) is 0.298. The molecular formula is C19H34N4O3. The minimum absolute atomic E-state index is 0.0860. The van der Waals surface area contributed by atoms with Crippen LogP contribution in [0.4, 0.5) is 4.79 Å². The molecule has 1 amide bonds. The minimum atomic E-state index is -0.332. The van der Waals surface area contributed by atoms with Crippen LogP contribution in [0, 0.1) is 11.3 Å². The summed E-state index contributed by atoms with van der Waals surface area (Å²) in [6.45, 7) is 5.74. The monoisotopic (exact) mass is 366 g/mol. The first kappa shape index (κ1) is 19.3. The third-order valence-electron chi connectivity index (χ3n) is 6.23. The summed E-state index contributed by atoms with van der Waals surface area (Å²) < 4.78 is 10.9. The first-order valence-electron chi connectivity index (χ1n) is 10.1. The van der Waals surface area contributed by atoms with E-state index in [0.717, 1.165) is 31.8 Å². The highest BCUT2D eigenvalue weighted by atomic mass is 16.5. The number of carbonyl (C=O) groups excluding carboxylic acids is 1. The van der Waals surface area contributed by atoms with Gasteiger partial charge in [-0.3, -0.25) is 4.99 Å². The second-order valence-electron chi connectivity index (χ2n) is 7.73. The summed E-state index contributed by atoms with van der Waals surface area (Å²) in [6.07, 6.45) is 7.19. The molecule has 7 heteroatoms. The van der Waals surface area contributed by atoms with E-state index in [2.05, 4.69) is 27.9 Å². The van der Waals surface area contributed by atoms with E-state index >= 15 is 0 Å². The first-order valence-corrected chi connectivity index (χ1v) is 10.1. The van der Waals surface area contributed by atoms with Gasteiger partial charge in [0.25, 0.3) is 0 Å². The van der Waals surface area contributed by atoms with E-state index in [-0.39, 0.29) is 12.1 Å². The number of rotatable bonds is 8. The lowest BCUT2D eigenvalue weighted by Crippen LogP contribution is -2.68. The molecule has 0 bridgehead atoms. The van der Waals surface area contributed by atoms with Gasteiger partial charge in [0.15, 0.2) is 5.96 Å². The van der Waals surface area contributed by atoms with Gasteiger partial charge in [0, 0.05) is 31.7 Å². The van der Waals surface area contributed by atoms with Gasteiger partial charge in [0.1, 0.15) is 0 Å². The van der Waals surface area contributed by atoms with Crippen molar-refractivity contribution < 1.29 is 14.3 Å². The van der Waals surface area contributed by atoms with Crippen molar-refractivity contribution in [3.05, 3.63) is 0 Å². The lowest BCUT2D eigenvalue weighted by atomic mass is 9.51. The molecule has 3 saturated carbocycles. The Morgan fingerprint density at radius 3 is 2.58 bits per heavy atom. The molecule has 3 fully saturated rings. The van der Waals surface area contributed by atoms with Crippen LogP contribution in [0.25, 0.3) is 0 Å². The maximum atomic E-state index is 11.7. The van der Waals surface area contributed by atoms with Crippen LogP contribution >= 0.6 is 0 Å². The molecule has 0 aromatic carbocycles. The van der Waals surface area contributed by atoms with Crippen LogP contribution in [0.1, 0.15) is 52.4 Å². The molecule has 7 nitrogen and oxygen atoms in total. The van der Waals surface area contributed by atoms with Gasteiger partial charge in [-0.25, -0.2) is 4.79 Å². The second kappa shape index (κ2) is 8.46. The van der Waals surface area contributed by atoms with E-state index in [1.54, 1.807) is 7.05 Å². The molecule has 0 saturated heterocycles. The number of guanidine groups is 1. The van der Waals surface area contributed by atoms with E-state index in [0.29, 0.717) is 36.6 Å². The number of hydrogen-bond donors (Lipinski definition) is 3. The Morgan fingerprint density at radius 2 is 2.04 bits per heavy atom. The zero-order valence-corrected chi connectivity index (χ0v) is 16.3. The van der Waals surface area contributed by atoms with E-state index in [1.807, 2.05) is 6.92 Å². The van der Waals surface area contributed by atoms with Crippen LogP contribution in [0.15, 0.2) is 4.99 Å². The Bertz CT molecular complexity index is 517. The summed E-state index contributed by atoms with van der Waals surface area (Å²) in [6, 6.07) is 0.513. The molecule has 0 aliphatic heterocycles. The van der Waals surface area contributed by atoms with E-state index < -0.39 is 0 Å². The molecule has 26 heavy (non-hydrogen) atoms. The lowest BCUT2D eigenvalue weighted by Gasteiger charge is -2.61. The number of carbonyl (C=O) groups is 1. The molecule has 0 aromatic heterocycles. The number of nitrogens with one attached hydrogen (secondary N) is 3. The van der Waals surface area contributed by atoms with Crippen LogP contribution < -0.4 is 16.0 Å². The van der Waals surface area contributed by atoms with Crippen LogP contribution in [0.3, 0.4) is 0 Å². The molecule has 3 unspecified atom stereocenters. The van der Waals surface area contributed by atoms with Gasteiger partial charge in [-0.15, -0.1) is 0 Å². The summed E-state index contributed by atoms with van der Waals surface area (Å²) in [7, 11) is 1.80. The number of aliphatic imine (C=N–C) groups is 1. The maximum Gasteiger partial charge on any atom is 0.407 e. The molecule has 1 spiro atoms.